The number of alkyl halides is 2. The van der Waals surface area contributed by atoms with E-state index in [-0.39, 0.29) is 18.1 Å². The molecule has 2 rings (SSSR count). The van der Waals surface area contributed by atoms with E-state index in [4.69, 9.17) is 0 Å². The molecule has 1 aromatic rings. The Morgan fingerprint density at radius 1 is 1.35 bits per heavy atom. The van der Waals surface area contributed by atoms with Crippen LogP contribution in [0.1, 0.15) is 24.8 Å². The standard InChI is InChI=1S/C17H24F2N2O2/c1-20-9-6-13-7-10-21(11-8-13)16(22)12-14-4-2-3-5-15(14)23-17(18)19/h2-5,13,17,20H,6-12H2,1H3. The van der Waals surface area contributed by atoms with Crippen molar-refractivity contribution in [2.45, 2.75) is 32.3 Å². The number of carbonyl (C=O) groups excluding carboxylic acids is 1. The second-order valence-electron chi connectivity index (χ2n) is 5.88. The van der Waals surface area contributed by atoms with Crippen LogP contribution in [0.15, 0.2) is 24.3 Å². The number of halogens is 2. The quantitative estimate of drug-likeness (QED) is 0.838. The Kier molecular flexibility index (Phi) is 6.77. The lowest BCUT2D eigenvalue weighted by atomic mass is 9.93. The number of benzene rings is 1. The van der Waals surface area contributed by atoms with Gasteiger partial charge in [-0.2, -0.15) is 8.78 Å². The fourth-order valence-electron chi connectivity index (χ4n) is 2.96. The molecule has 0 radical (unpaired) electrons. The first-order chi connectivity index (χ1) is 11.1. The summed E-state index contributed by atoms with van der Waals surface area (Å²) in [6, 6.07) is 6.48. The minimum absolute atomic E-state index is 0.0256. The zero-order valence-corrected chi connectivity index (χ0v) is 13.4. The summed E-state index contributed by atoms with van der Waals surface area (Å²) in [7, 11) is 1.94. The highest BCUT2D eigenvalue weighted by Gasteiger charge is 2.23. The zero-order chi connectivity index (χ0) is 16.7. The molecule has 1 aliphatic rings. The van der Waals surface area contributed by atoms with Crippen LogP contribution < -0.4 is 10.1 Å². The van der Waals surface area contributed by atoms with Crippen LogP contribution in [0, 0.1) is 5.92 Å². The number of ether oxygens (including phenoxy) is 1. The van der Waals surface area contributed by atoms with E-state index in [1.807, 2.05) is 11.9 Å². The van der Waals surface area contributed by atoms with Crippen LogP contribution in [0.5, 0.6) is 5.75 Å². The fraction of sp³-hybridized carbons (Fsp3) is 0.588. The lowest BCUT2D eigenvalue weighted by Crippen LogP contribution is -2.39. The molecule has 1 fully saturated rings. The van der Waals surface area contributed by atoms with Gasteiger partial charge < -0.3 is 15.0 Å². The van der Waals surface area contributed by atoms with Gasteiger partial charge in [0.05, 0.1) is 6.42 Å². The van der Waals surface area contributed by atoms with Crippen molar-refractivity contribution in [1.29, 1.82) is 0 Å². The molecule has 1 heterocycles. The van der Waals surface area contributed by atoms with Gasteiger partial charge in [-0.3, -0.25) is 4.79 Å². The highest BCUT2D eigenvalue weighted by molar-refractivity contribution is 5.79. The van der Waals surface area contributed by atoms with E-state index in [1.54, 1.807) is 18.2 Å². The summed E-state index contributed by atoms with van der Waals surface area (Å²) < 4.78 is 29.3. The van der Waals surface area contributed by atoms with Crippen LogP contribution in [-0.2, 0) is 11.2 Å². The van der Waals surface area contributed by atoms with Gasteiger partial charge >= 0.3 is 6.61 Å². The first kappa shape index (κ1) is 17.7. The number of para-hydroxylation sites is 1. The molecule has 0 spiro atoms. The zero-order valence-electron chi connectivity index (χ0n) is 13.4. The number of likely N-dealkylation sites (tertiary alicyclic amines) is 1. The molecule has 0 aromatic heterocycles. The topological polar surface area (TPSA) is 41.6 Å². The molecule has 0 saturated carbocycles. The summed E-state index contributed by atoms with van der Waals surface area (Å²) in [6.45, 7) is -0.401. The van der Waals surface area contributed by atoms with Crippen LogP contribution in [-0.4, -0.2) is 44.1 Å². The van der Waals surface area contributed by atoms with E-state index in [9.17, 15) is 13.6 Å². The van der Waals surface area contributed by atoms with Crippen molar-refractivity contribution in [3.63, 3.8) is 0 Å². The molecule has 1 aromatic carbocycles. The Balaban J connectivity index is 1.88. The number of hydrogen-bond donors (Lipinski definition) is 1. The summed E-state index contributed by atoms with van der Waals surface area (Å²) in [5, 5.41) is 3.15. The average molecular weight is 326 g/mol. The van der Waals surface area contributed by atoms with Crippen LogP contribution in [0.2, 0.25) is 0 Å². The van der Waals surface area contributed by atoms with Crippen molar-refractivity contribution < 1.29 is 18.3 Å². The molecule has 1 amide bonds. The van der Waals surface area contributed by atoms with Crippen molar-refractivity contribution in [2.75, 3.05) is 26.7 Å². The summed E-state index contributed by atoms with van der Waals surface area (Å²) in [4.78, 5) is 14.2. The third-order valence-electron chi connectivity index (χ3n) is 4.30. The SMILES string of the molecule is CNCCC1CCN(C(=O)Cc2ccccc2OC(F)F)CC1. The number of nitrogens with zero attached hydrogens (tertiary/aromatic N) is 1. The fourth-order valence-corrected chi connectivity index (χ4v) is 2.96. The molecular weight excluding hydrogens is 302 g/mol. The Morgan fingerprint density at radius 3 is 2.70 bits per heavy atom. The van der Waals surface area contributed by atoms with E-state index in [0.717, 1.165) is 38.9 Å². The highest BCUT2D eigenvalue weighted by atomic mass is 19.3. The summed E-state index contributed by atoms with van der Waals surface area (Å²) >= 11 is 0. The second-order valence-corrected chi connectivity index (χ2v) is 5.88. The van der Waals surface area contributed by atoms with Gasteiger partial charge in [0.2, 0.25) is 5.91 Å². The van der Waals surface area contributed by atoms with E-state index in [0.29, 0.717) is 11.5 Å². The molecule has 6 heteroatoms. The van der Waals surface area contributed by atoms with E-state index >= 15 is 0 Å². The third-order valence-corrected chi connectivity index (χ3v) is 4.30. The number of piperidine rings is 1. The van der Waals surface area contributed by atoms with Gasteiger partial charge in [-0.25, -0.2) is 0 Å². The average Bonchev–Trinajstić information content (AvgIpc) is 2.54. The molecule has 23 heavy (non-hydrogen) atoms. The van der Waals surface area contributed by atoms with Crippen LogP contribution >= 0.6 is 0 Å². The van der Waals surface area contributed by atoms with Crippen LogP contribution in [0.3, 0.4) is 0 Å². The van der Waals surface area contributed by atoms with Gasteiger partial charge in [0.1, 0.15) is 5.75 Å². The molecule has 128 valence electrons. The van der Waals surface area contributed by atoms with Gasteiger partial charge in [0, 0.05) is 18.7 Å². The molecule has 0 unspecified atom stereocenters. The van der Waals surface area contributed by atoms with Gasteiger partial charge in [0.25, 0.3) is 0 Å². The van der Waals surface area contributed by atoms with E-state index in [1.165, 1.54) is 6.07 Å². The molecule has 0 atom stereocenters. The van der Waals surface area contributed by atoms with E-state index in [2.05, 4.69) is 10.1 Å². The largest absolute Gasteiger partial charge is 0.435 e. The van der Waals surface area contributed by atoms with Crippen molar-refractivity contribution >= 4 is 5.91 Å². The minimum Gasteiger partial charge on any atom is -0.435 e. The van der Waals surface area contributed by atoms with E-state index < -0.39 is 6.61 Å². The van der Waals surface area contributed by atoms with Crippen molar-refractivity contribution in [2.24, 2.45) is 5.92 Å². The first-order valence-corrected chi connectivity index (χ1v) is 8.05. The first-order valence-electron chi connectivity index (χ1n) is 8.05. The molecular formula is C17H24F2N2O2. The predicted octanol–water partition coefficient (Wildman–Crippen LogP) is 2.68. The Hall–Kier alpha value is -1.69. The molecule has 1 saturated heterocycles. The normalized spacial score (nSPS) is 15.9. The Morgan fingerprint density at radius 2 is 2.04 bits per heavy atom. The van der Waals surface area contributed by atoms with Crippen LogP contribution in [0.4, 0.5) is 8.78 Å². The number of carbonyl (C=O) groups is 1. The molecule has 0 bridgehead atoms. The van der Waals surface area contributed by atoms with Gasteiger partial charge in [0.15, 0.2) is 0 Å². The minimum atomic E-state index is -2.88. The van der Waals surface area contributed by atoms with Gasteiger partial charge in [-0.1, -0.05) is 18.2 Å². The lowest BCUT2D eigenvalue weighted by molar-refractivity contribution is -0.132. The van der Waals surface area contributed by atoms with Crippen molar-refractivity contribution in [3.05, 3.63) is 29.8 Å². The highest BCUT2D eigenvalue weighted by Crippen LogP contribution is 2.24. The number of rotatable bonds is 7. The van der Waals surface area contributed by atoms with Crippen molar-refractivity contribution in [3.8, 4) is 5.75 Å². The molecule has 1 N–H and O–H groups in total. The smallest absolute Gasteiger partial charge is 0.387 e. The molecule has 1 aliphatic heterocycles. The monoisotopic (exact) mass is 326 g/mol. The van der Waals surface area contributed by atoms with Gasteiger partial charge in [-0.15, -0.1) is 0 Å². The van der Waals surface area contributed by atoms with Gasteiger partial charge in [-0.05, 0) is 44.8 Å². The number of hydrogen-bond acceptors (Lipinski definition) is 3. The Bertz CT molecular complexity index is 503. The predicted molar refractivity (Wildman–Crippen MR) is 84.6 cm³/mol. The Labute approximate surface area is 135 Å². The summed E-state index contributed by atoms with van der Waals surface area (Å²) in [5.74, 6) is 0.711. The summed E-state index contributed by atoms with van der Waals surface area (Å²) in [6.07, 6.45) is 3.23. The second kappa shape index (κ2) is 8.82. The molecule has 0 aliphatic carbocycles. The maximum absolute atomic E-state index is 12.4. The summed E-state index contributed by atoms with van der Waals surface area (Å²) in [5.41, 5.74) is 0.509. The number of nitrogens with one attached hydrogen (secondary N) is 1. The molecule has 4 nitrogen and oxygen atoms in total. The number of amides is 1. The van der Waals surface area contributed by atoms with Crippen molar-refractivity contribution in [1.82, 2.24) is 10.2 Å². The third kappa shape index (κ3) is 5.46. The lowest BCUT2D eigenvalue weighted by Gasteiger charge is -2.32. The van der Waals surface area contributed by atoms with Crippen LogP contribution in [0.25, 0.3) is 0 Å². The maximum atomic E-state index is 12.4. The maximum Gasteiger partial charge on any atom is 0.387 e.